The molecule has 3 atom stereocenters. The first-order valence-corrected chi connectivity index (χ1v) is 10.8. The van der Waals surface area contributed by atoms with Gasteiger partial charge in [-0.2, -0.15) is 0 Å². The monoisotopic (exact) mass is 305 g/mol. The van der Waals surface area contributed by atoms with Crippen LogP contribution in [0.15, 0.2) is 24.8 Å². The molecule has 2 amide bonds. The largest absolute Gasteiger partial charge is 0.278 e. The van der Waals surface area contributed by atoms with Gasteiger partial charge in [-0.15, -0.1) is 6.58 Å². The van der Waals surface area contributed by atoms with E-state index >= 15 is 0 Å². The molecule has 1 aliphatic heterocycles. The van der Waals surface area contributed by atoms with Gasteiger partial charge in [-0.1, -0.05) is 52.1 Å². The summed E-state index contributed by atoms with van der Waals surface area (Å²) in [6.45, 7) is 15.5. The Kier molecular flexibility index (Phi) is 4.04. The molecule has 3 unspecified atom stereocenters. The number of fused-ring (bicyclic) bond motifs is 1. The van der Waals surface area contributed by atoms with Crippen LogP contribution in [0.1, 0.15) is 27.2 Å². The summed E-state index contributed by atoms with van der Waals surface area (Å²) >= 11 is 0. The average Bonchev–Trinajstić information content (AvgIpc) is 2.63. The summed E-state index contributed by atoms with van der Waals surface area (Å²) in [5.74, 6) is -0.285. The fourth-order valence-corrected chi connectivity index (χ4v) is 6.35. The van der Waals surface area contributed by atoms with Crippen LogP contribution in [0.2, 0.25) is 23.7 Å². The van der Waals surface area contributed by atoms with Crippen LogP contribution in [0.5, 0.6) is 0 Å². The second-order valence-corrected chi connectivity index (χ2v) is 13.5. The van der Waals surface area contributed by atoms with Crippen LogP contribution < -0.4 is 0 Å². The lowest BCUT2D eigenvalue weighted by atomic mass is 9.84. The molecule has 0 spiro atoms. The first-order valence-electron chi connectivity index (χ1n) is 7.75. The van der Waals surface area contributed by atoms with Gasteiger partial charge >= 0.3 is 0 Å². The van der Waals surface area contributed by atoms with Gasteiger partial charge < -0.3 is 0 Å². The van der Waals surface area contributed by atoms with Crippen molar-refractivity contribution in [3.05, 3.63) is 24.8 Å². The number of amides is 2. The molecule has 1 fully saturated rings. The molecule has 0 aromatic carbocycles. The number of carbonyl (C=O) groups is 2. The molecular weight excluding hydrogens is 278 g/mol. The van der Waals surface area contributed by atoms with Gasteiger partial charge in [0.15, 0.2) is 0 Å². The van der Waals surface area contributed by atoms with Crippen LogP contribution in [0.4, 0.5) is 0 Å². The van der Waals surface area contributed by atoms with Gasteiger partial charge in [0.1, 0.15) is 0 Å². The molecule has 0 saturated carbocycles. The van der Waals surface area contributed by atoms with Crippen molar-refractivity contribution < 1.29 is 9.59 Å². The zero-order valence-corrected chi connectivity index (χ0v) is 14.8. The van der Waals surface area contributed by atoms with Crippen LogP contribution >= 0.6 is 0 Å². The zero-order chi connectivity index (χ0) is 16.0. The Hall–Kier alpha value is -1.16. The second-order valence-electron chi connectivity index (χ2n) is 7.87. The van der Waals surface area contributed by atoms with Crippen LogP contribution in [0.25, 0.3) is 0 Å². The molecule has 0 aromatic heterocycles. The minimum absolute atomic E-state index is 0.00189. The summed E-state index contributed by atoms with van der Waals surface area (Å²) in [5, 5.41) is 0.194. The van der Waals surface area contributed by atoms with Gasteiger partial charge in [-0.3, -0.25) is 14.5 Å². The van der Waals surface area contributed by atoms with E-state index in [0.717, 1.165) is 0 Å². The van der Waals surface area contributed by atoms with Gasteiger partial charge in [0.2, 0.25) is 11.8 Å². The van der Waals surface area contributed by atoms with E-state index < -0.39 is 8.07 Å². The summed E-state index contributed by atoms with van der Waals surface area (Å²) < 4.78 is 0. The van der Waals surface area contributed by atoms with Crippen molar-refractivity contribution in [2.24, 2.45) is 11.8 Å². The van der Waals surface area contributed by atoms with Crippen LogP contribution in [-0.2, 0) is 9.59 Å². The minimum atomic E-state index is -1.73. The Morgan fingerprint density at radius 1 is 1.33 bits per heavy atom. The molecule has 0 radical (unpaired) electrons. The Morgan fingerprint density at radius 3 is 2.48 bits per heavy atom. The smallest absolute Gasteiger partial charge is 0.233 e. The maximum Gasteiger partial charge on any atom is 0.233 e. The molecule has 2 aliphatic rings. The Balaban J connectivity index is 2.41. The van der Waals surface area contributed by atoms with Crippen molar-refractivity contribution in [1.29, 1.82) is 0 Å². The summed E-state index contributed by atoms with van der Waals surface area (Å²) in [6.07, 6.45) is 6.69. The first-order chi connectivity index (χ1) is 9.63. The van der Waals surface area contributed by atoms with Crippen molar-refractivity contribution in [2.45, 2.75) is 50.9 Å². The van der Waals surface area contributed by atoms with E-state index in [-0.39, 0.29) is 34.2 Å². The minimum Gasteiger partial charge on any atom is -0.278 e. The molecule has 21 heavy (non-hydrogen) atoms. The molecule has 1 aliphatic carbocycles. The van der Waals surface area contributed by atoms with E-state index in [2.05, 4.69) is 52.6 Å². The molecule has 2 rings (SSSR count). The molecule has 1 heterocycles. The number of carbonyl (C=O) groups excluding carboxylic acids is 2. The predicted molar refractivity (Wildman–Crippen MR) is 88.6 cm³/mol. The number of likely N-dealkylation sites (tertiary alicyclic amines) is 1. The standard InChI is InChI=1S/C17H27NO2Si/c1-7-11-18-15(19)12-9-8-10-13(14(12)16(18)20)21(5,6)17(2,3)4/h7-8,10,12-14H,1,9,11H2,2-6H3. The van der Waals surface area contributed by atoms with Crippen LogP contribution in [-0.4, -0.2) is 31.3 Å². The molecule has 0 aromatic rings. The second kappa shape index (κ2) is 5.23. The van der Waals surface area contributed by atoms with E-state index in [1.807, 2.05) is 0 Å². The number of imide groups is 1. The van der Waals surface area contributed by atoms with Gasteiger partial charge in [-0.05, 0) is 17.0 Å². The first kappa shape index (κ1) is 16.2. The van der Waals surface area contributed by atoms with E-state index in [1.54, 1.807) is 6.08 Å². The summed E-state index contributed by atoms with van der Waals surface area (Å²) in [6, 6.07) is 0. The van der Waals surface area contributed by atoms with E-state index in [1.165, 1.54) is 4.90 Å². The van der Waals surface area contributed by atoms with Crippen molar-refractivity contribution in [1.82, 2.24) is 4.90 Å². The lowest BCUT2D eigenvalue weighted by molar-refractivity contribution is -0.139. The predicted octanol–water partition coefficient (Wildman–Crippen LogP) is 3.61. The summed E-state index contributed by atoms with van der Waals surface area (Å²) in [7, 11) is -1.73. The SMILES string of the molecule is C=CCN1C(=O)C2CC=CC([Si](C)(C)C(C)(C)C)C2C1=O. The third kappa shape index (κ3) is 2.43. The van der Waals surface area contributed by atoms with E-state index in [9.17, 15) is 9.59 Å². The molecule has 0 N–H and O–H groups in total. The number of hydrogen-bond donors (Lipinski definition) is 0. The highest BCUT2D eigenvalue weighted by Crippen LogP contribution is 2.53. The summed E-state index contributed by atoms with van der Waals surface area (Å²) in [5.41, 5.74) is 0.238. The molecule has 4 heteroatoms. The number of allylic oxidation sites excluding steroid dienone is 2. The van der Waals surface area contributed by atoms with E-state index in [0.29, 0.717) is 13.0 Å². The lowest BCUT2D eigenvalue weighted by Gasteiger charge is -2.46. The zero-order valence-electron chi connectivity index (χ0n) is 13.8. The van der Waals surface area contributed by atoms with Crippen molar-refractivity contribution in [3.63, 3.8) is 0 Å². The van der Waals surface area contributed by atoms with Gasteiger partial charge in [0.05, 0.1) is 19.9 Å². The fourth-order valence-electron chi connectivity index (χ4n) is 3.46. The Morgan fingerprint density at radius 2 is 1.95 bits per heavy atom. The van der Waals surface area contributed by atoms with Gasteiger partial charge in [0.25, 0.3) is 0 Å². The maximum absolute atomic E-state index is 12.8. The Labute approximate surface area is 129 Å². The molecule has 1 saturated heterocycles. The van der Waals surface area contributed by atoms with E-state index in [4.69, 9.17) is 0 Å². The third-order valence-electron chi connectivity index (χ3n) is 5.77. The van der Waals surface area contributed by atoms with Crippen molar-refractivity contribution >= 4 is 19.9 Å². The highest BCUT2D eigenvalue weighted by molar-refractivity contribution is 6.82. The third-order valence-corrected chi connectivity index (χ3v) is 11.9. The fraction of sp³-hybridized carbons (Fsp3) is 0.647. The van der Waals surface area contributed by atoms with Gasteiger partial charge in [0, 0.05) is 6.54 Å². The molecular formula is C17H27NO2Si. The number of rotatable bonds is 3. The van der Waals surface area contributed by atoms with Gasteiger partial charge in [-0.25, -0.2) is 0 Å². The average molecular weight is 305 g/mol. The number of hydrogen-bond acceptors (Lipinski definition) is 2. The number of nitrogens with zero attached hydrogens (tertiary/aromatic N) is 1. The van der Waals surface area contributed by atoms with Crippen molar-refractivity contribution in [3.8, 4) is 0 Å². The highest BCUT2D eigenvalue weighted by Gasteiger charge is 2.56. The van der Waals surface area contributed by atoms with Crippen LogP contribution in [0.3, 0.4) is 0 Å². The lowest BCUT2D eigenvalue weighted by Crippen LogP contribution is -2.47. The molecule has 3 nitrogen and oxygen atoms in total. The van der Waals surface area contributed by atoms with Crippen molar-refractivity contribution in [2.75, 3.05) is 6.54 Å². The normalized spacial score (nSPS) is 29.8. The molecule has 0 bridgehead atoms. The molecule has 116 valence electrons. The maximum atomic E-state index is 12.8. The quantitative estimate of drug-likeness (QED) is 0.454. The Bertz CT molecular complexity index is 501. The summed E-state index contributed by atoms with van der Waals surface area (Å²) in [4.78, 5) is 26.7. The highest BCUT2D eigenvalue weighted by atomic mass is 28.3. The topological polar surface area (TPSA) is 37.4 Å². The van der Waals surface area contributed by atoms with Crippen LogP contribution in [0, 0.1) is 11.8 Å².